The highest BCUT2D eigenvalue weighted by atomic mass is 32.2. The van der Waals surface area contributed by atoms with Crippen LogP contribution in [-0.4, -0.2) is 43.9 Å². The number of nitrogens with one attached hydrogen (secondary N) is 1. The van der Waals surface area contributed by atoms with E-state index in [0.29, 0.717) is 6.07 Å². The number of halogens is 3. The normalized spacial score (nSPS) is 26.7. The maximum Gasteiger partial charge on any atom is 0.258 e. The third-order valence-corrected chi connectivity index (χ3v) is 8.53. The molecule has 2 atom stereocenters. The Labute approximate surface area is 182 Å². The largest absolute Gasteiger partial charge is 0.386 e. The molecule has 1 amide bonds. The fourth-order valence-corrected chi connectivity index (χ4v) is 6.34. The third-order valence-electron chi connectivity index (χ3n) is 5.87. The molecular weight excluding hydrogens is 447 g/mol. The van der Waals surface area contributed by atoms with Gasteiger partial charge in [0, 0.05) is 23.9 Å². The molecule has 32 heavy (non-hydrogen) atoms. The van der Waals surface area contributed by atoms with E-state index < -0.39 is 54.8 Å². The van der Waals surface area contributed by atoms with E-state index in [4.69, 9.17) is 10.5 Å². The number of amides is 1. The van der Waals surface area contributed by atoms with Crippen LogP contribution >= 0.6 is 0 Å². The molecule has 2 heterocycles. The van der Waals surface area contributed by atoms with Gasteiger partial charge >= 0.3 is 0 Å². The lowest BCUT2D eigenvalue weighted by molar-refractivity contribution is 0.102. The molecule has 2 aliphatic rings. The number of amidine groups is 1. The Bertz CT molecular complexity index is 1240. The first-order valence-corrected chi connectivity index (χ1v) is 11.3. The van der Waals surface area contributed by atoms with Crippen LogP contribution in [0.15, 0.2) is 41.4 Å². The van der Waals surface area contributed by atoms with Gasteiger partial charge in [-0.25, -0.2) is 21.6 Å². The minimum absolute atomic E-state index is 0.0759. The van der Waals surface area contributed by atoms with E-state index in [1.54, 1.807) is 0 Å². The summed E-state index contributed by atoms with van der Waals surface area (Å²) in [6, 6.07) is 5.98. The van der Waals surface area contributed by atoms with Crippen molar-refractivity contribution in [1.82, 2.24) is 0 Å². The molecule has 2 aromatic rings. The quantitative estimate of drug-likeness (QED) is 0.721. The number of anilines is 1. The van der Waals surface area contributed by atoms with E-state index in [1.807, 2.05) is 0 Å². The number of hydrogen-bond donors (Lipinski definition) is 2. The van der Waals surface area contributed by atoms with Gasteiger partial charge in [0.2, 0.25) is 0 Å². The molecule has 11 heteroatoms. The smallest absolute Gasteiger partial charge is 0.258 e. The molecule has 2 aliphatic heterocycles. The summed E-state index contributed by atoms with van der Waals surface area (Å²) in [6.07, 6.45) is 0.169. The van der Waals surface area contributed by atoms with Gasteiger partial charge in [0.25, 0.3) is 5.91 Å². The van der Waals surface area contributed by atoms with Crippen LogP contribution in [0.3, 0.4) is 0 Å². The Morgan fingerprint density at radius 1 is 1.16 bits per heavy atom. The van der Waals surface area contributed by atoms with Crippen LogP contribution in [0, 0.1) is 17.5 Å². The third kappa shape index (κ3) is 3.55. The van der Waals surface area contributed by atoms with Crippen LogP contribution in [-0.2, 0) is 20.1 Å². The molecule has 0 aliphatic carbocycles. The lowest BCUT2D eigenvalue weighted by atomic mass is 9.92. The van der Waals surface area contributed by atoms with Crippen LogP contribution in [0.5, 0.6) is 0 Å². The number of sulfone groups is 1. The van der Waals surface area contributed by atoms with Crippen LogP contribution in [0.4, 0.5) is 18.9 Å². The van der Waals surface area contributed by atoms with Crippen molar-refractivity contribution in [3.63, 3.8) is 0 Å². The van der Waals surface area contributed by atoms with E-state index in [-0.39, 0.29) is 36.7 Å². The number of benzene rings is 2. The van der Waals surface area contributed by atoms with Crippen molar-refractivity contribution in [2.24, 2.45) is 10.7 Å². The highest BCUT2D eigenvalue weighted by Crippen LogP contribution is 2.41. The Morgan fingerprint density at radius 2 is 1.91 bits per heavy atom. The number of carbonyl (C=O) groups is 1. The Kier molecular flexibility index (Phi) is 5.29. The molecule has 0 bridgehead atoms. The van der Waals surface area contributed by atoms with Crippen LogP contribution < -0.4 is 11.1 Å². The highest BCUT2D eigenvalue weighted by molar-refractivity contribution is 7.93. The number of carbonyl (C=O) groups excluding carboxylic acids is 1. The number of nitrogens with two attached hydrogens (primary N) is 1. The Hall–Kier alpha value is -2.92. The number of aliphatic imine (C=N–C) groups is 1. The molecule has 7 nitrogen and oxygen atoms in total. The van der Waals surface area contributed by atoms with Crippen molar-refractivity contribution >= 4 is 27.3 Å². The van der Waals surface area contributed by atoms with Gasteiger partial charge in [-0.3, -0.25) is 9.79 Å². The number of ether oxygens (including phenoxy) is 1. The summed E-state index contributed by atoms with van der Waals surface area (Å²) < 4.78 is 71.8. The van der Waals surface area contributed by atoms with Gasteiger partial charge in [-0.2, -0.15) is 0 Å². The fraction of sp³-hybridized carbons (Fsp3) is 0.333. The molecule has 1 spiro atoms. The van der Waals surface area contributed by atoms with Crippen molar-refractivity contribution in [3.8, 4) is 0 Å². The summed E-state index contributed by atoms with van der Waals surface area (Å²) >= 11 is 0. The molecule has 4 rings (SSSR count). The zero-order chi connectivity index (χ0) is 23.3. The van der Waals surface area contributed by atoms with Crippen molar-refractivity contribution in [1.29, 1.82) is 0 Å². The number of hydrogen-bond acceptors (Lipinski definition) is 6. The lowest BCUT2D eigenvalue weighted by Crippen LogP contribution is -2.58. The van der Waals surface area contributed by atoms with Gasteiger partial charge in [-0.15, -0.1) is 0 Å². The zero-order valence-corrected chi connectivity index (χ0v) is 17.8. The van der Waals surface area contributed by atoms with Gasteiger partial charge in [-0.1, -0.05) is 0 Å². The summed E-state index contributed by atoms with van der Waals surface area (Å²) in [5, 5.41) is 2.41. The predicted molar refractivity (Wildman–Crippen MR) is 112 cm³/mol. The highest BCUT2D eigenvalue weighted by Gasteiger charge is 2.57. The van der Waals surface area contributed by atoms with Gasteiger partial charge in [0.15, 0.2) is 14.6 Å². The molecule has 2 aromatic carbocycles. The van der Waals surface area contributed by atoms with Crippen molar-refractivity contribution in [3.05, 3.63) is 65.0 Å². The first-order valence-electron chi connectivity index (χ1n) is 9.70. The van der Waals surface area contributed by atoms with Crippen molar-refractivity contribution < 1.29 is 31.1 Å². The summed E-state index contributed by atoms with van der Waals surface area (Å²) in [6.45, 7) is 1.55. The minimum Gasteiger partial charge on any atom is -0.386 e. The Balaban J connectivity index is 1.70. The average Bonchev–Trinajstić information content (AvgIpc) is 3.19. The molecule has 1 fully saturated rings. The predicted octanol–water partition coefficient (Wildman–Crippen LogP) is 2.52. The van der Waals surface area contributed by atoms with Crippen molar-refractivity contribution in [2.75, 3.05) is 24.3 Å². The van der Waals surface area contributed by atoms with E-state index in [1.165, 1.54) is 19.1 Å². The van der Waals surface area contributed by atoms with Gasteiger partial charge in [-0.05, 0) is 43.7 Å². The summed E-state index contributed by atoms with van der Waals surface area (Å²) in [5.74, 6) is -4.18. The molecule has 0 saturated carbocycles. The van der Waals surface area contributed by atoms with Crippen LogP contribution in [0.25, 0.3) is 0 Å². The molecule has 0 radical (unpaired) electrons. The van der Waals surface area contributed by atoms with E-state index in [9.17, 15) is 26.4 Å². The monoisotopic (exact) mass is 467 g/mol. The number of rotatable bonds is 3. The molecule has 170 valence electrons. The maximum atomic E-state index is 14.8. The molecule has 3 N–H and O–H groups in total. The topological polar surface area (TPSA) is 111 Å². The molecule has 1 unspecified atom stereocenters. The lowest BCUT2D eigenvalue weighted by Gasteiger charge is -2.39. The number of nitrogens with zero attached hydrogens (tertiary/aromatic N) is 1. The zero-order valence-electron chi connectivity index (χ0n) is 17.0. The van der Waals surface area contributed by atoms with E-state index in [0.717, 1.165) is 18.2 Å². The van der Waals surface area contributed by atoms with E-state index in [2.05, 4.69) is 10.3 Å². The summed E-state index contributed by atoms with van der Waals surface area (Å²) in [4.78, 5) is 16.8. The standard InChI is InChI=1S/C21H20F3N3O4S/c1-20(11-32(29,30)21(19(25)27-20)6-7-31-10-21)15-9-13(3-5-16(15)23)26-18(28)14-4-2-12(22)8-17(14)24/h2-5,8-9H,6-7,10-11H2,1H3,(H2,25,27)(H,26,28)/t20-,21?/m0/s1. The molecular formula is C21H20F3N3O4S. The van der Waals surface area contributed by atoms with Gasteiger partial charge in [0.1, 0.15) is 28.8 Å². The van der Waals surface area contributed by atoms with E-state index >= 15 is 0 Å². The molecule has 1 saturated heterocycles. The second-order valence-electron chi connectivity index (χ2n) is 8.10. The van der Waals surface area contributed by atoms with Crippen molar-refractivity contribution in [2.45, 2.75) is 23.6 Å². The maximum absolute atomic E-state index is 14.8. The summed E-state index contributed by atoms with van der Waals surface area (Å²) in [7, 11) is -3.85. The van der Waals surface area contributed by atoms with Gasteiger partial charge < -0.3 is 15.8 Å². The fourth-order valence-electron chi connectivity index (χ4n) is 4.09. The Morgan fingerprint density at radius 3 is 2.53 bits per heavy atom. The van der Waals surface area contributed by atoms with Crippen LogP contribution in [0.1, 0.15) is 29.3 Å². The minimum atomic E-state index is -3.85. The van der Waals surface area contributed by atoms with Gasteiger partial charge in [0.05, 0.1) is 17.9 Å². The second-order valence-corrected chi connectivity index (χ2v) is 10.4. The first kappa shape index (κ1) is 22.3. The average molecular weight is 467 g/mol. The SMILES string of the molecule is C[C@@]1(c2cc(NC(=O)c3ccc(F)cc3F)ccc2F)CS(=O)(=O)C2(CCOC2)C(N)=N1. The first-order chi connectivity index (χ1) is 15.0. The second kappa shape index (κ2) is 7.59. The van der Waals surface area contributed by atoms with Crippen LogP contribution in [0.2, 0.25) is 0 Å². The summed E-state index contributed by atoms with van der Waals surface area (Å²) in [5.41, 5.74) is 4.08. The molecule has 0 aromatic heterocycles.